The van der Waals surface area contributed by atoms with Crippen molar-refractivity contribution in [3.05, 3.63) is 29.8 Å². The zero-order valence-electron chi connectivity index (χ0n) is 15.1. The molecular weight excluding hydrogens is 305 g/mol. The third-order valence-electron chi connectivity index (χ3n) is 5.25. The number of aromatic nitrogens is 1. The van der Waals surface area contributed by atoms with Gasteiger partial charge in [-0.1, -0.05) is 18.2 Å². The fraction of sp³-hybridized carbons (Fsp3) is 0.500. The van der Waals surface area contributed by atoms with Crippen molar-refractivity contribution in [3.63, 3.8) is 0 Å². The number of carbonyl (C=O) groups excluding carboxylic acids is 1. The number of hydrogen-bond acceptors (Lipinski definition) is 4. The summed E-state index contributed by atoms with van der Waals surface area (Å²) in [6, 6.07) is 7.89. The maximum atomic E-state index is 12.2. The number of nitrogens with one attached hydrogen (secondary N) is 1. The molecule has 0 radical (unpaired) electrons. The number of methoxy groups -OCH3 is 1. The maximum absolute atomic E-state index is 12.2. The Hall–Kier alpha value is -1.79. The van der Waals surface area contributed by atoms with Gasteiger partial charge in [-0.2, -0.15) is 0 Å². The second kappa shape index (κ2) is 5.64. The normalized spacial score (nSPS) is 20.3. The fourth-order valence-electron chi connectivity index (χ4n) is 3.09. The van der Waals surface area contributed by atoms with E-state index in [1.807, 2.05) is 58.9 Å². The van der Waals surface area contributed by atoms with E-state index in [9.17, 15) is 4.79 Å². The number of aromatic amines is 1. The van der Waals surface area contributed by atoms with Gasteiger partial charge >= 0.3 is 13.1 Å². The van der Waals surface area contributed by atoms with Crippen LogP contribution < -0.4 is 5.59 Å². The number of benzene rings is 1. The summed E-state index contributed by atoms with van der Waals surface area (Å²) in [7, 11) is 0.854. The molecule has 5 nitrogen and oxygen atoms in total. The predicted octanol–water partition coefficient (Wildman–Crippen LogP) is 2.74. The standard InChI is InChI=1S/C18H24BNO4/c1-11(16(21)22-6)14-12-9-7-8-10-13(12)20-15(14)19-23-17(2,3)18(4,5)24-19/h7-11,20H,1-6H3. The van der Waals surface area contributed by atoms with Crippen molar-refractivity contribution in [1.29, 1.82) is 0 Å². The Labute approximate surface area is 142 Å². The minimum Gasteiger partial charge on any atom is -0.469 e. The Morgan fingerprint density at radius 3 is 2.33 bits per heavy atom. The van der Waals surface area contributed by atoms with Gasteiger partial charge in [0, 0.05) is 10.9 Å². The zero-order valence-corrected chi connectivity index (χ0v) is 15.1. The molecule has 2 heterocycles. The summed E-state index contributed by atoms with van der Waals surface area (Å²) in [5.74, 6) is -0.697. The van der Waals surface area contributed by atoms with Gasteiger partial charge in [0.15, 0.2) is 0 Å². The topological polar surface area (TPSA) is 60.6 Å². The van der Waals surface area contributed by atoms with Gasteiger partial charge < -0.3 is 19.0 Å². The van der Waals surface area contributed by atoms with Crippen molar-refractivity contribution in [2.75, 3.05) is 7.11 Å². The zero-order chi connectivity index (χ0) is 17.7. The van der Waals surface area contributed by atoms with Gasteiger partial charge in [-0.25, -0.2) is 0 Å². The molecule has 0 spiro atoms. The number of ether oxygens (including phenoxy) is 1. The Morgan fingerprint density at radius 1 is 1.17 bits per heavy atom. The molecule has 0 bridgehead atoms. The van der Waals surface area contributed by atoms with Crippen LogP contribution in [0.15, 0.2) is 24.3 Å². The molecule has 0 aliphatic carbocycles. The lowest BCUT2D eigenvalue weighted by molar-refractivity contribution is -0.141. The lowest BCUT2D eigenvalue weighted by atomic mass is 9.78. The van der Waals surface area contributed by atoms with Crippen LogP contribution in [0.2, 0.25) is 0 Å². The summed E-state index contributed by atoms with van der Waals surface area (Å²) in [5, 5.41) is 0.986. The van der Waals surface area contributed by atoms with Crippen molar-refractivity contribution < 1.29 is 18.8 Å². The first-order valence-corrected chi connectivity index (χ1v) is 8.22. The first-order valence-electron chi connectivity index (χ1n) is 8.22. The number of hydrogen-bond donors (Lipinski definition) is 1. The second-order valence-electron chi connectivity index (χ2n) is 7.33. The molecule has 1 aliphatic rings. The molecule has 128 valence electrons. The Balaban J connectivity index is 2.13. The van der Waals surface area contributed by atoms with E-state index in [0.29, 0.717) is 0 Å². The van der Waals surface area contributed by atoms with Crippen LogP contribution in [0, 0.1) is 0 Å². The molecule has 1 unspecified atom stereocenters. The van der Waals surface area contributed by atoms with E-state index in [1.54, 1.807) is 0 Å². The molecular formula is C18H24BNO4. The molecule has 1 saturated heterocycles. The van der Waals surface area contributed by atoms with Crippen molar-refractivity contribution in [2.24, 2.45) is 0 Å². The van der Waals surface area contributed by atoms with Crippen molar-refractivity contribution in [1.82, 2.24) is 4.98 Å². The van der Waals surface area contributed by atoms with Crippen molar-refractivity contribution >= 4 is 29.6 Å². The van der Waals surface area contributed by atoms with Gasteiger partial charge in [0.1, 0.15) is 0 Å². The van der Waals surface area contributed by atoms with E-state index in [1.165, 1.54) is 7.11 Å². The number of H-pyrrole nitrogens is 1. The summed E-state index contributed by atoms with van der Waals surface area (Å²) >= 11 is 0. The summed E-state index contributed by atoms with van der Waals surface area (Å²) in [5.41, 5.74) is 1.72. The van der Waals surface area contributed by atoms with Crippen LogP contribution in [0.1, 0.15) is 46.1 Å². The van der Waals surface area contributed by atoms with Gasteiger partial charge in [0.25, 0.3) is 0 Å². The third-order valence-corrected chi connectivity index (χ3v) is 5.25. The molecule has 1 aromatic heterocycles. The molecule has 6 heteroatoms. The molecule has 0 saturated carbocycles. The second-order valence-corrected chi connectivity index (χ2v) is 7.33. The average molecular weight is 329 g/mol. The molecule has 3 rings (SSSR count). The van der Waals surface area contributed by atoms with E-state index < -0.39 is 24.2 Å². The summed E-state index contributed by atoms with van der Waals surface area (Å²) in [4.78, 5) is 15.5. The quantitative estimate of drug-likeness (QED) is 0.695. The number of esters is 1. The minimum atomic E-state index is -0.551. The van der Waals surface area contributed by atoms with E-state index in [-0.39, 0.29) is 5.97 Å². The van der Waals surface area contributed by atoms with E-state index in [2.05, 4.69) is 4.98 Å². The summed E-state index contributed by atoms with van der Waals surface area (Å²) in [6.07, 6.45) is 0. The molecule has 1 aliphatic heterocycles. The van der Waals surface area contributed by atoms with Crippen molar-refractivity contribution in [2.45, 2.75) is 51.7 Å². The van der Waals surface area contributed by atoms with Crippen LogP contribution in [-0.2, 0) is 18.8 Å². The van der Waals surface area contributed by atoms with Gasteiger partial charge in [-0.05, 0) is 46.2 Å². The van der Waals surface area contributed by atoms with Crippen LogP contribution in [0.25, 0.3) is 10.9 Å². The monoisotopic (exact) mass is 329 g/mol. The largest absolute Gasteiger partial charge is 0.512 e. The number of fused-ring (bicyclic) bond motifs is 1. The highest BCUT2D eigenvalue weighted by Crippen LogP contribution is 2.37. The predicted molar refractivity (Wildman–Crippen MR) is 94.4 cm³/mol. The Kier molecular flexibility index (Phi) is 4.01. The molecule has 24 heavy (non-hydrogen) atoms. The highest BCUT2D eigenvalue weighted by molar-refractivity contribution is 6.62. The SMILES string of the molecule is COC(=O)C(C)c1c(B2OC(C)(C)C(C)(C)O2)[nH]c2ccccc12. The number of rotatable bonds is 3. The fourth-order valence-corrected chi connectivity index (χ4v) is 3.09. The van der Waals surface area contributed by atoms with Gasteiger partial charge in [-0.3, -0.25) is 4.79 Å². The molecule has 2 aromatic rings. The summed E-state index contributed by atoms with van der Waals surface area (Å²) in [6.45, 7) is 9.90. The molecule has 1 atom stereocenters. The van der Waals surface area contributed by atoms with Crippen LogP contribution >= 0.6 is 0 Å². The highest BCUT2D eigenvalue weighted by Gasteiger charge is 2.53. The van der Waals surface area contributed by atoms with Crippen LogP contribution in [-0.4, -0.2) is 36.4 Å². The van der Waals surface area contributed by atoms with Crippen molar-refractivity contribution in [3.8, 4) is 0 Å². The summed E-state index contributed by atoms with van der Waals surface area (Å²) < 4.78 is 17.3. The average Bonchev–Trinajstić information content (AvgIpc) is 3.00. The van der Waals surface area contributed by atoms with Gasteiger partial charge in [0.05, 0.1) is 29.8 Å². The number of para-hydroxylation sites is 1. The molecule has 1 fully saturated rings. The van der Waals surface area contributed by atoms with Gasteiger partial charge in [0.2, 0.25) is 0 Å². The molecule has 1 N–H and O–H groups in total. The smallest absolute Gasteiger partial charge is 0.469 e. The van der Waals surface area contributed by atoms with Crippen LogP contribution in [0.4, 0.5) is 0 Å². The number of carbonyl (C=O) groups is 1. The molecule has 1 aromatic carbocycles. The lowest BCUT2D eigenvalue weighted by Gasteiger charge is -2.32. The van der Waals surface area contributed by atoms with Gasteiger partial charge in [-0.15, -0.1) is 0 Å². The van der Waals surface area contributed by atoms with Crippen LogP contribution in [0.3, 0.4) is 0 Å². The highest BCUT2D eigenvalue weighted by atomic mass is 16.7. The Bertz CT molecular complexity index is 764. The molecule has 0 amide bonds. The van der Waals surface area contributed by atoms with E-state index in [4.69, 9.17) is 14.0 Å². The maximum Gasteiger partial charge on any atom is 0.512 e. The first kappa shape index (κ1) is 17.1. The van der Waals surface area contributed by atoms with E-state index >= 15 is 0 Å². The first-order chi connectivity index (χ1) is 11.2. The lowest BCUT2D eigenvalue weighted by Crippen LogP contribution is -2.41. The minimum absolute atomic E-state index is 0.280. The van der Waals surface area contributed by atoms with E-state index in [0.717, 1.165) is 22.1 Å². The third kappa shape index (κ3) is 2.54. The Morgan fingerprint density at radius 2 is 1.75 bits per heavy atom. The van der Waals surface area contributed by atoms with Crippen LogP contribution in [0.5, 0.6) is 0 Å².